The van der Waals surface area contributed by atoms with Gasteiger partial charge in [0.05, 0.1) is 12.0 Å². The van der Waals surface area contributed by atoms with E-state index in [0.717, 1.165) is 31.2 Å². The minimum atomic E-state index is -3.79. The average Bonchev–Trinajstić information content (AvgIpc) is 3.35. The zero-order chi connectivity index (χ0) is 25.2. The van der Waals surface area contributed by atoms with Gasteiger partial charge in [0, 0.05) is 19.1 Å². The van der Waals surface area contributed by atoms with Crippen molar-refractivity contribution in [1.82, 2.24) is 9.21 Å². The molecule has 6 nitrogen and oxygen atoms in total. The highest BCUT2D eigenvalue weighted by atomic mass is 32.2. The lowest BCUT2D eigenvalue weighted by atomic mass is 9.75. The summed E-state index contributed by atoms with van der Waals surface area (Å²) in [5, 5.41) is 0. The molecule has 2 aromatic carbocycles. The number of benzene rings is 2. The van der Waals surface area contributed by atoms with E-state index in [1.165, 1.54) is 9.87 Å². The quantitative estimate of drug-likeness (QED) is 0.529. The number of ether oxygens (including phenoxy) is 1. The largest absolute Gasteiger partial charge is 0.497 e. The van der Waals surface area contributed by atoms with Gasteiger partial charge in [0.2, 0.25) is 15.9 Å². The minimum Gasteiger partial charge on any atom is -0.497 e. The molecule has 190 valence electrons. The molecule has 0 spiro atoms. The molecule has 1 aliphatic carbocycles. The maximum absolute atomic E-state index is 14.1. The fourth-order valence-electron chi connectivity index (χ4n) is 5.32. The fraction of sp³-hybridized carbons (Fsp3) is 0.536. The Morgan fingerprint density at radius 1 is 1.03 bits per heavy atom. The van der Waals surface area contributed by atoms with E-state index in [9.17, 15) is 13.2 Å². The number of amides is 1. The van der Waals surface area contributed by atoms with Gasteiger partial charge in [-0.25, -0.2) is 8.42 Å². The van der Waals surface area contributed by atoms with Crippen molar-refractivity contribution in [3.05, 3.63) is 59.7 Å². The summed E-state index contributed by atoms with van der Waals surface area (Å²) in [6.45, 7) is 7.50. The van der Waals surface area contributed by atoms with Crippen LogP contribution in [-0.4, -0.2) is 49.3 Å². The number of aryl methyl sites for hydroxylation is 1. The van der Waals surface area contributed by atoms with Crippen LogP contribution in [0.3, 0.4) is 0 Å². The zero-order valence-corrected chi connectivity index (χ0v) is 22.2. The van der Waals surface area contributed by atoms with Crippen LogP contribution in [0.1, 0.15) is 63.5 Å². The molecular formula is C28H38N2O4S. The van der Waals surface area contributed by atoms with Gasteiger partial charge in [-0.1, -0.05) is 43.7 Å². The van der Waals surface area contributed by atoms with E-state index in [1.54, 1.807) is 31.4 Å². The van der Waals surface area contributed by atoms with Crippen LogP contribution in [0.15, 0.2) is 53.4 Å². The van der Waals surface area contributed by atoms with Crippen LogP contribution in [0.2, 0.25) is 0 Å². The third-order valence-electron chi connectivity index (χ3n) is 7.66. The number of rotatable bonds is 7. The van der Waals surface area contributed by atoms with Crippen LogP contribution in [0, 0.1) is 12.3 Å². The summed E-state index contributed by atoms with van der Waals surface area (Å²) < 4.78 is 33.7. The maximum Gasteiger partial charge on any atom is 0.243 e. The number of methoxy groups -OCH3 is 1. The van der Waals surface area contributed by atoms with Gasteiger partial charge in [-0.05, 0) is 80.7 Å². The first-order chi connectivity index (χ1) is 16.6. The predicted molar refractivity (Wildman–Crippen MR) is 138 cm³/mol. The summed E-state index contributed by atoms with van der Waals surface area (Å²) in [5.74, 6) is 0.535. The summed E-state index contributed by atoms with van der Waals surface area (Å²) in [4.78, 5) is 16.2. The van der Waals surface area contributed by atoms with Gasteiger partial charge in [0.25, 0.3) is 0 Å². The SMILES string of the molecule is COc1ccc(S(=O)(=O)N2CCC[C@H]2C(=O)N(Cc2ccc(C)cc2)C2CCC(C)(C)CC2)cc1. The molecule has 1 atom stereocenters. The minimum absolute atomic E-state index is 0.0649. The van der Waals surface area contributed by atoms with Gasteiger partial charge >= 0.3 is 0 Å². The Morgan fingerprint density at radius 2 is 1.66 bits per heavy atom. The van der Waals surface area contributed by atoms with Crippen LogP contribution in [0.4, 0.5) is 0 Å². The Balaban J connectivity index is 1.60. The molecule has 2 fully saturated rings. The second-order valence-electron chi connectivity index (χ2n) is 10.8. The van der Waals surface area contributed by atoms with E-state index in [4.69, 9.17) is 4.74 Å². The van der Waals surface area contributed by atoms with E-state index in [1.807, 2.05) is 4.90 Å². The molecule has 0 N–H and O–H groups in total. The van der Waals surface area contributed by atoms with Gasteiger partial charge < -0.3 is 9.64 Å². The van der Waals surface area contributed by atoms with Crippen molar-refractivity contribution >= 4 is 15.9 Å². The second kappa shape index (κ2) is 10.3. The Kier molecular flexibility index (Phi) is 7.57. The average molecular weight is 499 g/mol. The van der Waals surface area contributed by atoms with Crippen LogP contribution in [0.25, 0.3) is 0 Å². The molecule has 2 aliphatic rings. The smallest absolute Gasteiger partial charge is 0.243 e. The molecule has 1 amide bonds. The van der Waals surface area contributed by atoms with Crippen molar-refractivity contribution in [2.24, 2.45) is 5.41 Å². The predicted octanol–water partition coefficient (Wildman–Crippen LogP) is 5.15. The lowest BCUT2D eigenvalue weighted by Gasteiger charge is -2.41. The molecule has 0 bridgehead atoms. The van der Waals surface area contributed by atoms with E-state index >= 15 is 0 Å². The van der Waals surface area contributed by atoms with Crippen LogP contribution < -0.4 is 4.74 Å². The number of hydrogen-bond acceptors (Lipinski definition) is 4. The Labute approximate surface area is 210 Å². The molecule has 1 heterocycles. The normalized spacial score (nSPS) is 21.1. The van der Waals surface area contributed by atoms with Crippen molar-refractivity contribution in [2.45, 2.75) is 82.8 Å². The molecular weight excluding hydrogens is 460 g/mol. The summed E-state index contributed by atoms with van der Waals surface area (Å²) in [7, 11) is -2.24. The Hall–Kier alpha value is -2.38. The van der Waals surface area contributed by atoms with Gasteiger partial charge in [0.1, 0.15) is 11.8 Å². The second-order valence-corrected chi connectivity index (χ2v) is 12.7. The van der Waals surface area contributed by atoms with Crippen molar-refractivity contribution in [2.75, 3.05) is 13.7 Å². The fourth-order valence-corrected chi connectivity index (χ4v) is 6.97. The monoisotopic (exact) mass is 498 g/mol. The van der Waals surface area contributed by atoms with Crippen LogP contribution >= 0.6 is 0 Å². The van der Waals surface area contributed by atoms with Crippen molar-refractivity contribution in [3.8, 4) is 5.75 Å². The number of carbonyl (C=O) groups is 1. The zero-order valence-electron chi connectivity index (χ0n) is 21.4. The maximum atomic E-state index is 14.1. The standard InChI is InChI=1S/C28H38N2O4S/c1-21-7-9-22(10-8-21)20-29(23-15-17-28(2,3)18-16-23)27(31)26-6-5-19-30(26)35(32,33)25-13-11-24(34-4)12-14-25/h7-14,23,26H,5-6,15-20H2,1-4H3/t26-/m0/s1. The third-order valence-corrected chi connectivity index (χ3v) is 9.58. The lowest BCUT2D eigenvalue weighted by Crippen LogP contribution is -2.51. The number of nitrogens with zero attached hydrogens (tertiary/aromatic N) is 2. The van der Waals surface area contributed by atoms with Crippen molar-refractivity contribution in [3.63, 3.8) is 0 Å². The van der Waals surface area contributed by atoms with Gasteiger partial charge in [-0.15, -0.1) is 0 Å². The summed E-state index contributed by atoms with van der Waals surface area (Å²) in [6, 6.07) is 14.1. The lowest BCUT2D eigenvalue weighted by molar-refractivity contribution is -0.139. The molecule has 1 saturated carbocycles. The molecule has 0 aromatic heterocycles. The van der Waals surface area contributed by atoms with E-state index < -0.39 is 16.1 Å². The topological polar surface area (TPSA) is 66.9 Å². The first-order valence-corrected chi connectivity index (χ1v) is 14.1. The first kappa shape index (κ1) is 25.7. The highest BCUT2D eigenvalue weighted by Crippen LogP contribution is 2.38. The molecule has 0 unspecified atom stereocenters. The van der Waals surface area contributed by atoms with Crippen LogP contribution in [0.5, 0.6) is 5.75 Å². The van der Waals surface area contributed by atoms with Crippen molar-refractivity contribution in [1.29, 1.82) is 0 Å². The highest BCUT2D eigenvalue weighted by Gasteiger charge is 2.43. The third kappa shape index (κ3) is 5.72. The Morgan fingerprint density at radius 3 is 2.26 bits per heavy atom. The van der Waals surface area contributed by atoms with Crippen molar-refractivity contribution < 1.29 is 17.9 Å². The van der Waals surface area contributed by atoms with Gasteiger partial charge in [-0.3, -0.25) is 4.79 Å². The van der Waals surface area contributed by atoms with Gasteiger partial charge in [0.15, 0.2) is 0 Å². The molecule has 1 aliphatic heterocycles. The number of carbonyl (C=O) groups excluding carboxylic acids is 1. The van der Waals surface area contributed by atoms with E-state index in [2.05, 4.69) is 45.0 Å². The molecule has 0 radical (unpaired) electrons. The van der Waals surface area contributed by atoms with Gasteiger partial charge in [-0.2, -0.15) is 4.31 Å². The molecule has 2 aromatic rings. The van der Waals surface area contributed by atoms with Crippen LogP contribution in [-0.2, 0) is 21.4 Å². The molecule has 4 rings (SSSR count). The van der Waals surface area contributed by atoms with E-state index in [0.29, 0.717) is 31.7 Å². The number of sulfonamides is 1. The summed E-state index contributed by atoms with van der Waals surface area (Å²) in [5.41, 5.74) is 2.54. The highest BCUT2D eigenvalue weighted by molar-refractivity contribution is 7.89. The van der Waals surface area contributed by atoms with E-state index in [-0.39, 0.29) is 22.3 Å². The number of hydrogen-bond donors (Lipinski definition) is 0. The summed E-state index contributed by atoms with van der Waals surface area (Å²) in [6.07, 6.45) is 5.26. The molecule has 1 saturated heterocycles. The Bertz CT molecular complexity index is 1120. The first-order valence-electron chi connectivity index (χ1n) is 12.6. The molecule has 35 heavy (non-hydrogen) atoms. The summed E-state index contributed by atoms with van der Waals surface area (Å²) >= 11 is 0. The molecule has 7 heteroatoms.